The summed E-state index contributed by atoms with van der Waals surface area (Å²) >= 11 is 3.39. The van der Waals surface area contributed by atoms with Crippen molar-refractivity contribution < 1.29 is 9.53 Å². The maximum Gasteiger partial charge on any atom is 0.260 e. The third-order valence-electron chi connectivity index (χ3n) is 3.43. The Hall–Kier alpha value is -2.67. The molecule has 0 atom stereocenters. The quantitative estimate of drug-likeness (QED) is 0.541. The lowest BCUT2D eigenvalue weighted by Gasteiger charge is -2.05. The Bertz CT molecular complexity index is 904. The lowest BCUT2D eigenvalue weighted by atomic mass is 10.2. The zero-order valence-electron chi connectivity index (χ0n) is 12.9. The minimum atomic E-state index is -0.233. The highest BCUT2D eigenvalue weighted by molar-refractivity contribution is 9.10. The van der Waals surface area contributed by atoms with Crippen LogP contribution in [0.5, 0.6) is 5.75 Å². The number of fused-ring (bicyclic) bond motifs is 1. The van der Waals surface area contributed by atoms with Gasteiger partial charge in [0, 0.05) is 10.0 Å². The second kappa shape index (κ2) is 7.27. The van der Waals surface area contributed by atoms with E-state index in [1.165, 1.54) is 0 Å². The van der Waals surface area contributed by atoms with Gasteiger partial charge in [0.25, 0.3) is 5.91 Å². The molecule has 6 nitrogen and oxygen atoms in total. The Morgan fingerprint density at radius 2 is 2.21 bits per heavy atom. The van der Waals surface area contributed by atoms with Crippen LogP contribution in [0.4, 0.5) is 0 Å². The molecule has 1 N–H and O–H groups in total. The van der Waals surface area contributed by atoms with Crippen LogP contribution in [0.25, 0.3) is 11.0 Å². The van der Waals surface area contributed by atoms with Crippen LogP contribution in [0.1, 0.15) is 5.56 Å². The Morgan fingerprint density at radius 3 is 3.04 bits per heavy atom. The number of methoxy groups -OCH3 is 1. The highest BCUT2D eigenvalue weighted by atomic mass is 79.9. The first-order valence-corrected chi connectivity index (χ1v) is 8.02. The van der Waals surface area contributed by atoms with Gasteiger partial charge >= 0.3 is 0 Å². The van der Waals surface area contributed by atoms with Crippen LogP contribution in [0.15, 0.2) is 58.4 Å². The van der Waals surface area contributed by atoms with E-state index in [9.17, 15) is 4.79 Å². The molecule has 1 heterocycles. The molecule has 3 aromatic rings. The molecule has 122 valence electrons. The van der Waals surface area contributed by atoms with Crippen LogP contribution in [0, 0.1) is 0 Å². The molecule has 0 bridgehead atoms. The number of imidazole rings is 1. The molecule has 0 radical (unpaired) electrons. The summed E-state index contributed by atoms with van der Waals surface area (Å²) in [5.74, 6) is 0.445. The van der Waals surface area contributed by atoms with Crippen LogP contribution in [0.2, 0.25) is 0 Å². The molecule has 0 saturated heterocycles. The zero-order chi connectivity index (χ0) is 16.9. The van der Waals surface area contributed by atoms with Crippen molar-refractivity contribution in [3.8, 4) is 5.75 Å². The van der Waals surface area contributed by atoms with Crippen molar-refractivity contribution in [2.75, 3.05) is 7.11 Å². The molecule has 7 heteroatoms. The van der Waals surface area contributed by atoms with Gasteiger partial charge in [0.1, 0.15) is 12.3 Å². The van der Waals surface area contributed by atoms with Crippen molar-refractivity contribution >= 4 is 39.1 Å². The molecule has 0 unspecified atom stereocenters. The summed E-state index contributed by atoms with van der Waals surface area (Å²) in [4.78, 5) is 16.3. The first kappa shape index (κ1) is 16.2. The fourth-order valence-corrected chi connectivity index (χ4v) is 2.69. The van der Waals surface area contributed by atoms with Gasteiger partial charge in [-0.05, 0) is 30.3 Å². The number of amides is 1. The van der Waals surface area contributed by atoms with Crippen LogP contribution in [-0.2, 0) is 11.3 Å². The molecule has 0 saturated carbocycles. The number of carbonyl (C=O) groups excluding carboxylic acids is 1. The molecule has 0 aliphatic heterocycles. The van der Waals surface area contributed by atoms with Crippen molar-refractivity contribution in [1.29, 1.82) is 0 Å². The van der Waals surface area contributed by atoms with Gasteiger partial charge in [0.15, 0.2) is 0 Å². The number of aromatic nitrogens is 2. The van der Waals surface area contributed by atoms with Crippen molar-refractivity contribution in [3.05, 3.63) is 58.8 Å². The number of para-hydroxylation sites is 2. The zero-order valence-corrected chi connectivity index (χ0v) is 14.5. The highest BCUT2D eigenvalue weighted by Gasteiger charge is 2.06. The molecule has 3 rings (SSSR count). The molecular formula is C17H15BrN4O2. The number of hydrazone groups is 1. The van der Waals surface area contributed by atoms with E-state index < -0.39 is 0 Å². The van der Waals surface area contributed by atoms with Gasteiger partial charge in [-0.2, -0.15) is 5.10 Å². The molecule has 0 fully saturated rings. The van der Waals surface area contributed by atoms with Crippen LogP contribution < -0.4 is 10.2 Å². The molecule has 2 aromatic carbocycles. The van der Waals surface area contributed by atoms with Crippen molar-refractivity contribution in [2.24, 2.45) is 5.10 Å². The van der Waals surface area contributed by atoms with E-state index in [-0.39, 0.29) is 12.5 Å². The Labute approximate surface area is 147 Å². The van der Waals surface area contributed by atoms with Gasteiger partial charge in [-0.15, -0.1) is 0 Å². The van der Waals surface area contributed by atoms with Crippen molar-refractivity contribution in [3.63, 3.8) is 0 Å². The van der Waals surface area contributed by atoms with Gasteiger partial charge in [-0.1, -0.05) is 28.1 Å². The number of nitrogens with zero attached hydrogens (tertiary/aromatic N) is 3. The summed E-state index contributed by atoms with van der Waals surface area (Å²) < 4.78 is 7.94. The maximum atomic E-state index is 12.1. The number of benzene rings is 2. The van der Waals surface area contributed by atoms with E-state index >= 15 is 0 Å². The molecule has 0 aliphatic rings. The average molecular weight is 387 g/mol. The van der Waals surface area contributed by atoms with Gasteiger partial charge in [0.2, 0.25) is 0 Å². The van der Waals surface area contributed by atoms with Gasteiger partial charge < -0.3 is 9.30 Å². The van der Waals surface area contributed by atoms with E-state index in [4.69, 9.17) is 4.74 Å². The van der Waals surface area contributed by atoms with E-state index in [1.54, 1.807) is 24.2 Å². The standard InChI is InChI=1S/C17H15BrN4O2/c1-24-16-7-6-13(18)8-12(16)9-20-21-17(23)10-22-11-19-14-4-2-3-5-15(14)22/h2-9,11H,10H2,1H3,(H,21,23)/b20-9-. The number of carbonyl (C=O) groups is 1. The fourth-order valence-electron chi connectivity index (χ4n) is 2.31. The monoisotopic (exact) mass is 386 g/mol. The van der Waals surface area contributed by atoms with E-state index in [0.717, 1.165) is 21.1 Å². The number of hydrogen-bond acceptors (Lipinski definition) is 4. The van der Waals surface area contributed by atoms with E-state index in [1.807, 2.05) is 42.5 Å². The maximum absolute atomic E-state index is 12.1. The summed E-state index contributed by atoms with van der Waals surface area (Å²) in [5.41, 5.74) is 5.04. The van der Waals surface area contributed by atoms with Gasteiger partial charge in [-0.25, -0.2) is 10.4 Å². The molecular weight excluding hydrogens is 372 g/mol. The van der Waals surface area contributed by atoms with E-state index in [2.05, 4.69) is 31.4 Å². The first-order chi connectivity index (χ1) is 11.7. The van der Waals surface area contributed by atoms with Crippen molar-refractivity contribution in [2.45, 2.75) is 6.54 Å². The topological polar surface area (TPSA) is 68.5 Å². The SMILES string of the molecule is COc1ccc(Br)cc1/C=N\NC(=O)Cn1cnc2ccccc21. The second-order valence-electron chi connectivity index (χ2n) is 5.04. The van der Waals surface area contributed by atoms with Crippen LogP contribution in [0.3, 0.4) is 0 Å². The number of nitrogens with one attached hydrogen (secondary N) is 1. The summed E-state index contributed by atoms with van der Waals surface area (Å²) in [7, 11) is 1.59. The molecule has 0 spiro atoms. The normalized spacial score (nSPS) is 11.1. The summed E-state index contributed by atoms with van der Waals surface area (Å²) in [5, 5.41) is 3.99. The summed E-state index contributed by atoms with van der Waals surface area (Å²) in [6.45, 7) is 0.146. The molecule has 1 amide bonds. The average Bonchev–Trinajstić information content (AvgIpc) is 2.98. The number of hydrogen-bond donors (Lipinski definition) is 1. The van der Waals surface area contributed by atoms with Crippen LogP contribution >= 0.6 is 15.9 Å². The van der Waals surface area contributed by atoms with Gasteiger partial charge in [0.05, 0.1) is 30.7 Å². The lowest BCUT2D eigenvalue weighted by molar-refractivity contribution is -0.121. The molecule has 1 aromatic heterocycles. The van der Waals surface area contributed by atoms with Crippen molar-refractivity contribution in [1.82, 2.24) is 15.0 Å². The minimum absolute atomic E-state index is 0.146. The Morgan fingerprint density at radius 1 is 1.38 bits per heavy atom. The highest BCUT2D eigenvalue weighted by Crippen LogP contribution is 2.21. The number of ether oxygens (including phenoxy) is 1. The third-order valence-corrected chi connectivity index (χ3v) is 3.92. The molecule has 0 aliphatic carbocycles. The number of halogens is 1. The number of rotatable bonds is 5. The lowest BCUT2D eigenvalue weighted by Crippen LogP contribution is -2.22. The fraction of sp³-hybridized carbons (Fsp3) is 0.118. The summed E-state index contributed by atoms with van der Waals surface area (Å²) in [6.07, 6.45) is 3.19. The first-order valence-electron chi connectivity index (χ1n) is 7.22. The second-order valence-corrected chi connectivity index (χ2v) is 5.96. The predicted octanol–water partition coefficient (Wildman–Crippen LogP) is 2.96. The molecule has 24 heavy (non-hydrogen) atoms. The smallest absolute Gasteiger partial charge is 0.260 e. The minimum Gasteiger partial charge on any atom is -0.496 e. The van der Waals surface area contributed by atoms with Crippen LogP contribution in [-0.4, -0.2) is 28.8 Å². The Balaban J connectivity index is 1.66. The largest absolute Gasteiger partial charge is 0.496 e. The van der Waals surface area contributed by atoms with Gasteiger partial charge in [-0.3, -0.25) is 4.79 Å². The predicted molar refractivity (Wildman–Crippen MR) is 96.2 cm³/mol. The van der Waals surface area contributed by atoms with E-state index in [0.29, 0.717) is 5.75 Å². The third kappa shape index (κ3) is 3.62. The Kier molecular flexibility index (Phi) is 4.90. The summed E-state index contributed by atoms with van der Waals surface area (Å²) in [6, 6.07) is 13.2.